The number of hydrogen-bond donors (Lipinski definition) is 1. The first-order chi connectivity index (χ1) is 15.0. The number of hydrogen-bond acceptors (Lipinski definition) is 4. The highest BCUT2D eigenvalue weighted by Gasteiger charge is 2.33. The number of aryl methyl sites for hydroxylation is 2. The highest BCUT2D eigenvalue weighted by molar-refractivity contribution is 5.81. The number of amides is 1. The van der Waals surface area contributed by atoms with Crippen molar-refractivity contribution in [3.8, 4) is 5.75 Å². The number of rotatable bonds is 8. The van der Waals surface area contributed by atoms with Gasteiger partial charge in [-0.05, 0) is 43.2 Å². The van der Waals surface area contributed by atoms with Gasteiger partial charge in [0.25, 0.3) is 0 Å². The summed E-state index contributed by atoms with van der Waals surface area (Å²) in [4.78, 5) is 19.0. The van der Waals surface area contributed by atoms with Gasteiger partial charge in [0.05, 0.1) is 17.6 Å². The van der Waals surface area contributed by atoms with Gasteiger partial charge in [0.15, 0.2) is 0 Å². The first-order valence-corrected chi connectivity index (χ1v) is 10.7. The Morgan fingerprint density at radius 2 is 2.10 bits per heavy atom. The molecule has 162 valence electrons. The first kappa shape index (κ1) is 21.1. The summed E-state index contributed by atoms with van der Waals surface area (Å²) in [5.41, 5.74) is 3.99. The van der Waals surface area contributed by atoms with Crippen LogP contribution in [-0.4, -0.2) is 51.3 Å². The van der Waals surface area contributed by atoms with Gasteiger partial charge >= 0.3 is 0 Å². The SMILES string of the molecule is C=CCN1C[C@H](c2nc3ccccc3n2C[C@@H](O)COc2cc(C)ccc2C)CC1=O. The smallest absolute Gasteiger partial charge is 0.223 e. The zero-order valence-electron chi connectivity index (χ0n) is 18.1. The van der Waals surface area contributed by atoms with Crippen LogP contribution in [0.5, 0.6) is 5.75 Å². The van der Waals surface area contributed by atoms with Crippen LogP contribution in [0, 0.1) is 13.8 Å². The molecule has 2 aromatic carbocycles. The fraction of sp³-hybridized carbons (Fsp3) is 0.360. The van der Waals surface area contributed by atoms with E-state index in [9.17, 15) is 9.90 Å². The van der Waals surface area contributed by atoms with Crippen LogP contribution in [0.3, 0.4) is 0 Å². The minimum Gasteiger partial charge on any atom is -0.491 e. The zero-order chi connectivity index (χ0) is 22.0. The van der Waals surface area contributed by atoms with Crippen LogP contribution in [0.25, 0.3) is 11.0 Å². The van der Waals surface area contributed by atoms with Crippen molar-refractivity contribution in [2.75, 3.05) is 19.7 Å². The topological polar surface area (TPSA) is 67.6 Å². The number of fused-ring (bicyclic) bond motifs is 1. The molecule has 0 aliphatic carbocycles. The number of likely N-dealkylation sites (tertiary alicyclic amines) is 1. The molecule has 0 radical (unpaired) electrons. The van der Waals surface area contributed by atoms with E-state index in [0.29, 0.717) is 26.1 Å². The summed E-state index contributed by atoms with van der Waals surface area (Å²) >= 11 is 0. The van der Waals surface area contributed by atoms with Gasteiger partial charge in [0, 0.05) is 25.4 Å². The molecule has 0 spiro atoms. The number of carbonyl (C=O) groups excluding carboxylic acids is 1. The molecule has 1 saturated heterocycles. The van der Waals surface area contributed by atoms with Crippen LogP contribution < -0.4 is 4.74 Å². The largest absolute Gasteiger partial charge is 0.491 e. The normalized spacial score (nSPS) is 17.3. The van der Waals surface area contributed by atoms with E-state index >= 15 is 0 Å². The Kier molecular flexibility index (Phi) is 6.09. The molecular weight excluding hydrogens is 390 g/mol. The van der Waals surface area contributed by atoms with E-state index in [1.807, 2.05) is 60.9 Å². The van der Waals surface area contributed by atoms with Crippen molar-refractivity contribution < 1.29 is 14.6 Å². The molecular formula is C25H29N3O3. The molecule has 31 heavy (non-hydrogen) atoms. The van der Waals surface area contributed by atoms with Gasteiger partial charge in [-0.2, -0.15) is 0 Å². The number of aliphatic hydroxyl groups excluding tert-OH is 1. The van der Waals surface area contributed by atoms with E-state index in [2.05, 4.69) is 6.58 Å². The molecule has 6 heteroatoms. The van der Waals surface area contributed by atoms with Crippen molar-refractivity contribution in [1.29, 1.82) is 0 Å². The Hall–Kier alpha value is -3.12. The van der Waals surface area contributed by atoms with Gasteiger partial charge in [0.1, 0.15) is 24.3 Å². The minimum atomic E-state index is -0.711. The number of ether oxygens (including phenoxy) is 1. The van der Waals surface area contributed by atoms with Crippen molar-refractivity contribution in [2.45, 2.75) is 38.8 Å². The summed E-state index contributed by atoms with van der Waals surface area (Å²) < 4.78 is 7.96. The Bertz CT molecular complexity index is 1100. The van der Waals surface area contributed by atoms with E-state index in [4.69, 9.17) is 9.72 Å². The third-order valence-corrected chi connectivity index (χ3v) is 5.78. The second-order valence-electron chi connectivity index (χ2n) is 8.29. The molecule has 0 unspecified atom stereocenters. The van der Waals surface area contributed by atoms with E-state index in [0.717, 1.165) is 33.7 Å². The Morgan fingerprint density at radius 1 is 1.29 bits per heavy atom. The lowest BCUT2D eigenvalue weighted by Crippen LogP contribution is -2.27. The van der Waals surface area contributed by atoms with Crippen LogP contribution in [-0.2, 0) is 11.3 Å². The van der Waals surface area contributed by atoms with Crippen LogP contribution >= 0.6 is 0 Å². The van der Waals surface area contributed by atoms with Crippen molar-refractivity contribution in [1.82, 2.24) is 14.5 Å². The van der Waals surface area contributed by atoms with Gasteiger partial charge in [-0.3, -0.25) is 4.79 Å². The average molecular weight is 420 g/mol. The second kappa shape index (κ2) is 8.94. The number of imidazole rings is 1. The fourth-order valence-electron chi connectivity index (χ4n) is 4.19. The van der Waals surface area contributed by atoms with Crippen LogP contribution in [0.2, 0.25) is 0 Å². The maximum atomic E-state index is 12.4. The van der Waals surface area contributed by atoms with E-state index in [-0.39, 0.29) is 18.4 Å². The van der Waals surface area contributed by atoms with Crippen LogP contribution in [0.15, 0.2) is 55.1 Å². The van der Waals surface area contributed by atoms with E-state index in [1.165, 1.54) is 0 Å². The van der Waals surface area contributed by atoms with Crippen LogP contribution in [0.4, 0.5) is 0 Å². The highest BCUT2D eigenvalue weighted by Crippen LogP contribution is 2.30. The summed E-state index contributed by atoms with van der Waals surface area (Å²) in [6.45, 7) is 9.45. The standard InChI is InChI=1S/C25H29N3O3/c1-4-11-27-14-19(13-24(27)30)25-26-21-7-5-6-8-22(21)28(25)15-20(29)16-31-23-12-17(2)9-10-18(23)3/h4-10,12,19-20,29H,1,11,13-16H2,2-3H3/t19-,20-/m1/s1. The molecule has 2 heterocycles. The molecule has 1 aromatic heterocycles. The number of benzene rings is 2. The van der Waals surface area contributed by atoms with Gasteiger partial charge in [0.2, 0.25) is 5.91 Å². The van der Waals surface area contributed by atoms with Crippen molar-refractivity contribution in [3.05, 3.63) is 72.1 Å². The average Bonchev–Trinajstić information content (AvgIpc) is 3.29. The lowest BCUT2D eigenvalue weighted by atomic mass is 10.1. The zero-order valence-corrected chi connectivity index (χ0v) is 18.1. The van der Waals surface area contributed by atoms with Crippen molar-refractivity contribution >= 4 is 16.9 Å². The molecule has 2 atom stereocenters. The van der Waals surface area contributed by atoms with Crippen molar-refractivity contribution in [2.24, 2.45) is 0 Å². The summed E-state index contributed by atoms with van der Waals surface area (Å²) in [5.74, 6) is 1.73. The van der Waals surface area contributed by atoms with E-state index < -0.39 is 6.10 Å². The van der Waals surface area contributed by atoms with Gasteiger partial charge in [-0.25, -0.2) is 4.98 Å². The lowest BCUT2D eigenvalue weighted by Gasteiger charge is -2.19. The number of carbonyl (C=O) groups is 1. The maximum absolute atomic E-state index is 12.4. The number of aliphatic hydroxyl groups is 1. The summed E-state index contributed by atoms with van der Waals surface area (Å²) in [7, 11) is 0. The molecule has 6 nitrogen and oxygen atoms in total. The molecule has 3 aromatic rings. The predicted octanol–water partition coefficient (Wildman–Crippen LogP) is 3.59. The molecule has 4 rings (SSSR count). The number of para-hydroxylation sites is 2. The summed E-state index contributed by atoms with van der Waals surface area (Å²) in [5, 5.41) is 10.8. The Balaban J connectivity index is 1.55. The summed E-state index contributed by atoms with van der Waals surface area (Å²) in [6, 6.07) is 13.9. The molecule has 1 aliphatic heterocycles. The van der Waals surface area contributed by atoms with Gasteiger partial charge in [-0.1, -0.05) is 30.3 Å². The molecule has 0 bridgehead atoms. The third-order valence-electron chi connectivity index (χ3n) is 5.78. The fourth-order valence-corrected chi connectivity index (χ4v) is 4.19. The predicted molar refractivity (Wildman–Crippen MR) is 121 cm³/mol. The van der Waals surface area contributed by atoms with E-state index in [1.54, 1.807) is 11.0 Å². The van der Waals surface area contributed by atoms with Gasteiger partial charge < -0.3 is 19.3 Å². The van der Waals surface area contributed by atoms with Crippen LogP contribution in [0.1, 0.15) is 29.3 Å². The molecule has 0 saturated carbocycles. The van der Waals surface area contributed by atoms with Gasteiger partial charge in [-0.15, -0.1) is 6.58 Å². The first-order valence-electron chi connectivity index (χ1n) is 10.7. The monoisotopic (exact) mass is 419 g/mol. The second-order valence-corrected chi connectivity index (χ2v) is 8.29. The molecule has 1 aliphatic rings. The summed E-state index contributed by atoms with van der Waals surface area (Å²) in [6.07, 6.45) is 1.46. The lowest BCUT2D eigenvalue weighted by molar-refractivity contribution is -0.127. The van der Waals surface area contributed by atoms with Crippen molar-refractivity contribution in [3.63, 3.8) is 0 Å². The Labute approximate surface area is 182 Å². The molecule has 1 amide bonds. The third kappa shape index (κ3) is 4.49. The molecule has 1 N–H and O–H groups in total. The molecule has 1 fully saturated rings. The number of aromatic nitrogens is 2. The number of nitrogens with zero attached hydrogens (tertiary/aromatic N) is 3. The maximum Gasteiger partial charge on any atom is 0.223 e. The Morgan fingerprint density at radius 3 is 2.90 bits per heavy atom. The quantitative estimate of drug-likeness (QED) is 0.567. The highest BCUT2D eigenvalue weighted by atomic mass is 16.5. The minimum absolute atomic E-state index is 0.00742.